The van der Waals surface area contributed by atoms with Crippen molar-refractivity contribution in [1.29, 1.82) is 0 Å². The lowest BCUT2D eigenvalue weighted by Crippen LogP contribution is -2.47. The minimum Gasteiger partial charge on any atom is -0.489 e. The minimum atomic E-state index is -0.235. The molecule has 0 aliphatic heterocycles. The number of hydrogen-bond donors (Lipinski definition) is 2. The molecule has 1 atom stereocenters. The second-order valence-corrected chi connectivity index (χ2v) is 6.02. The second-order valence-electron chi connectivity index (χ2n) is 6.02. The molecule has 1 unspecified atom stereocenters. The van der Waals surface area contributed by atoms with Crippen LogP contribution in [-0.4, -0.2) is 44.9 Å². The first-order valence-corrected chi connectivity index (χ1v) is 7.59. The van der Waals surface area contributed by atoms with Crippen LogP contribution in [0.2, 0.25) is 0 Å². The highest BCUT2D eigenvalue weighted by atomic mass is 16.5. The number of aryl methyl sites for hydroxylation is 1. The van der Waals surface area contributed by atoms with Crippen LogP contribution < -0.4 is 15.4 Å². The van der Waals surface area contributed by atoms with Gasteiger partial charge >= 0.3 is 0 Å². The monoisotopic (exact) mass is 307 g/mol. The van der Waals surface area contributed by atoms with Crippen LogP contribution >= 0.6 is 0 Å². The van der Waals surface area contributed by atoms with Crippen LogP contribution in [0, 0.1) is 6.92 Å². The Bertz CT molecular complexity index is 487. The van der Waals surface area contributed by atoms with Crippen molar-refractivity contribution in [1.82, 2.24) is 10.6 Å². The lowest BCUT2D eigenvalue weighted by Gasteiger charge is -2.25. The zero-order valence-electron chi connectivity index (χ0n) is 14.6. The van der Waals surface area contributed by atoms with Crippen LogP contribution in [0.5, 0.6) is 5.75 Å². The molecule has 0 saturated carbocycles. The van der Waals surface area contributed by atoms with Gasteiger partial charge in [0.15, 0.2) is 5.96 Å². The second kappa shape index (κ2) is 8.63. The third kappa shape index (κ3) is 6.80. The third-order valence-corrected chi connectivity index (χ3v) is 3.34. The summed E-state index contributed by atoms with van der Waals surface area (Å²) in [7, 11) is 3.46. The van der Waals surface area contributed by atoms with E-state index in [2.05, 4.69) is 28.6 Å². The van der Waals surface area contributed by atoms with Crippen LogP contribution in [0.1, 0.15) is 26.3 Å². The Labute approximate surface area is 134 Å². The number of nitrogens with one attached hydrogen (secondary N) is 2. The van der Waals surface area contributed by atoms with E-state index in [9.17, 15) is 0 Å². The molecular weight excluding hydrogens is 278 g/mol. The summed E-state index contributed by atoms with van der Waals surface area (Å²) in [5.41, 5.74) is 0.957. The summed E-state index contributed by atoms with van der Waals surface area (Å²) in [4.78, 5) is 4.20. The van der Waals surface area contributed by atoms with Crippen molar-refractivity contribution in [2.45, 2.75) is 39.4 Å². The highest BCUT2D eigenvalue weighted by Crippen LogP contribution is 2.13. The van der Waals surface area contributed by atoms with Crippen molar-refractivity contribution < 1.29 is 9.47 Å². The average molecular weight is 307 g/mol. The first-order valence-electron chi connectivity index (χ1n) is 7.59. The van der Waals surface area contributed by atoms with Crippen molar-refractivity contribution in [3.05, 3.63) is 29.8 Å². The molecule has 0 aliphatic carbocycles. The molecule has 0 aliphatic rings. The maximum Gasteiger partial charge on any atom is 0.191 e. The molecule has 124 valence electrons. The molecule has 1 aromatic carbocycles. The van der Waals surface area contributed by atoms with Crippen molar-refractivity contribution in [3.63, 3.8) is 0 Å². The number of ether oxygens (including phenoxy) is 2. The zero-order chi connectivity index (χ0) is 16.6. The number of nitrogens with zero attached hydrogens (tertiary/aromatic N) is 1. The van der Waals surface area contributed by atoms with E-state index in [1.54, 1.807) is 14.2 Å². The first-order chi connectivity index (χ1) is 10.4. The summed E-state index contributed by atoms with van der Waals surface area (Å²) in [5, 5.41) is 6.51. The summed E-state index contributed by atoms with van der Waals surface area (Å²) >= 11 is 0. The van der Waals surface area contributed by atoms with Gasteiger partial charge in [0.1, 0.15) is 11.9 Å². The zero-order valence-corrected chi connectivity index (χ0v) is 14.6. The molecule has 0 heterocycles. The number of methoxy groups -OCH3 is 1. The first kappa shape index (κ1) is 18.3. The Hall–Kier alpha value is -1.75. The Morgan fingerprint density at radius 1 is 1.32 bits per heavy atom. The molecular formula is C17H29N3O2. The number of hydrogen-bond acceptors (Lipinski definition) is 3. The van der Waals surface area contributed by atoms with Crippen molar-refractivity contribution in [2.24, 2.45) is 4.99 Å². The standard InChI is InChI=1S/C17H29N3O2/c1-13-8-7-9-15(10-13)22-14(2)11-19-16(18-5)20-12-17(3,4)21-6/h7-10,14H,11-12H2,1-6H3,(H2,18,19,20). The van der Waals surface area contributed by atoms with Gasteiger partial charge in [0, 0.05) is 20.7 Å². The van der Waals surface area contributed by atoms with Crippen molar-refractivity contribution >= 4 is 5.96 Å². The topological polar surface area (TPSA) is 54.9 Å². The summed E-state index contributed by atoms with van der Waals surface area (Å²) in [5.74, 6) is 1.63. The molecule has 0 spiro atoms. The molecule has 1 rings (SSSR count). The number of aliphatic imine (C=N–C) groups is 1. The Morgan fingerprint density at radius 3 is 2.64 bits per heavy atom. The Balaban J connectivity index is 2.39. The molecule has 5 nitrogen and oxygen atoms in total. The maximum absolute atomic E-state index is 5.89. The van der Waals surface area contributed by atoms with Gasteiger partial charge in [-0.1, -0.05) is 12.1 Å². The number of rotatable bonds is 7. The molecule has 0 aromatic heterocycles. The van der Waals surface area contributed by atoms with Gasteiger partial charge < -0.3 is 20.1 Å². The molecule has 0 fully saturated rings. The van der Waals surface area contributed by atoms with E-state index in [0.717, 1.165) is 11.7 Å². The maximum atomic E-state index is 5.89. The van der Waals surface area contributed by atoms with E-state index in [4.69, 9.17) is 9.47 Å². The van der Waals surface area contributed by atoms with E-state index >= 15 is 0 Å². The third-order valence-electron chi connectivity index (χ3n) is 3.34. The molecule has 0 bridgehead atoms. The van der Waals surface area contributed by atoms with Gasteiger partial charge in [0.2, 0.25) is 0 Å². The quantitative estimate of drug-likeness (QED) is 0.600. The lowest BCUT2D eigenvalue weighted by atomic mass is 10.1. The molecule has 5 heteroatoms. The van der Waals surface area contributed by atoms with Crippen LogP contribution in [0.25, 0.3) is 0 Å². The van der Waals surface area contributed by atoms with Gasteiger partial charge in [-0.3, -0.25) is 4.99 Å². The minimum absolute atomic E-state index is 0.0378. The SMILES string of the molecule is CN=C(NCC(C)Oc1cccc(C)c1)NCC(C)(C)OC. The summed E-state index contributed by atoms with van der Waals surface area (Å²) < 4.78 is 11.3. The predicted molar refractivity (Wildman–Crippen MR) is 91.7 cm³/mol. The van der Waals surface area contributed by atoms with E-state index in [1.807, 2.05) is 39.0 Å². The summed E-state index contributed by atoms with van der Waals surface area (Å²) in [6, 6.07) is 8.06. The van der Waals surface area contributed by atoms with Gasteiger partial charge in [-0.15, -0.1) is 0 Å². The molecule has 0 saturated heterocycles. The normalized spacial score (nSPS) is 13.6. The molecule has 22 heavy (non-hydrogen) atoms. The summed E-state index contributed by atoms with van der Waals surface area (Å²) in [6.45, 7) is 9.48. The fourth-order valence-corrected chi connectivity index (χ4v) is 1.79. The predicted octanol–water partition coefficient (Wildman–Crippen LogP) is 2.35. The fraction of sp³-hybridized carbons (Fsp3) is 0.588. The molecule has 1 aromatic rings. The van der Waals surface area contributed by atoms with Gasteiger partial charge in [-0.25, -0.2) is 0 Å². The van der Waals surface area contributed by atoms with Crippen LogP contribution in [-0.2, 0) is 4.74 Å². The highest BCUT2D eigenvalue weighted by molar-refractivity contribution is 5.79. The highest BCUT2D eigenvalue weighted by Gasteiger charge is 2.16. The Morgan fingerprint density at radius 2 is 2.05 bits per heavy atom. The van der Waals surface area contributed by atoms with Crippen LogP contribution in [0.15, 0.2) is 29.3 Å². The van der Waals surface area contributed by atoms with E-state index < -0.39 is 0 Å². The summed E-state index contributed by atoms with van der Waals surface area (Å²) in [6.07, 6.45) is 0.0378. The van der Waals surface area contributed by atoms with E-state index in [-0.39, 0.29) is 11.7 Å². The number of benzene rings is 1. The van der Waals surface area contributed by atoms with Gasteiger partial charge in [-0.2, -0.15) is 0 Å². The van der Waals surface area contributed by atoms with Crippen molar-refractivity contribution in [3.8, 4) is 5.75 Å². The van der Waals surface area contributed by atoms with E-state index in [1.165, 1.54) is 5.56 Å². The van der Waals surface area contributed by atoms with Gasteiger partial charge in [0.25, 0.3) is 0 Å². The van der Waals surface area contributed by atoms with E-state index in [0.29, 0.717) is 13.1 Å². The smallest absolute Gasteiger partial charge is 0.191 e. The molecule has 0 amide bonds. The lowest BCUT2D eigenvalue weighted by molar-refractivity contribution is 0.0268. The molecule has 2 N–H and O–H groups in total. The average Bonchev–Trinajstić information content (AvgIpc) is 2.47. The van der Waals surface area contributed by atoms with Crippen molar-refractivity contribution in [2.75, 3.05) is 27.2 Å². The largest absolute Gasteiger partial charge is 0.489 e. The van der Waals surface area contributed by atoms with Crippen LogP contribution in [0.4, 0.5) is 0 Å². The molecule has 0 radical (unpaired) electrons. The van der Waals surface area contributed by atoms with Crippen LogP contribution in [0.3, 0.4) is 0 Å². The van der Waals surface area contributed by atoms with Gasteiger partial charge in [0.05, 0.1) is 12.1 Å². The number of guanidine groups is 1. The Kier molecular flexibility index (Phi) is 7.18. The van der Waals surface area contributed by atoms with Gasteiger partial charge in [-0.05, 0) is 45.4 Å². The fourth-order valence-electron chi connectivity index (χ4n) is 1.79.